The Morgan fingerprint density at radius 2 is 2.00 bits per heavy atom. The molecule has 86 valence electrons. The van der Waals surface area contributed by atoms with Gasteiger partial charge in [0.05, 0.1) is 12.6 Å². The third-order valence-electron chi connectivity index (χ3n) is 1.92. The minimum atomic E-state index is 0. The fraction of sp³-hybridized carbons (Fsp3) is 0.667. The molecular weight excluding hydrogens is 208 g/mol. The Kier molecular flexibility index (Phi) is 14.9. The van der Waals surface area contributed by atoms with Crippen LogP contribution in [0.2, 0.25) is 0 Å². The summed E-state index contributed by atoms with van der Waals surface area (Å²) in [4.78, 5) is 0. The largest absolute Gasteiger partial charge is 0.306 e. The highest BCUT2D eigenvalue weighted by atomic mass is 35.5. The molecule has 2 nitrogen and oxygen atoms in total. The van der Waals surface area contributed by atoms with Gasteiger partial charge in [-0.2, -0.15) is 0 Å². The molecule has 0 aromatic rings. The van der Waals surface area contributed by atoms with Crippen molar-refractivity contribution in [2.24, 2.45) is 0 Å². The van der Waals surface area contributed by atoms with Crippen molar-refractivity contribution in [3.8, 4) is 24.7 Å². The predicted molar refractivity (Wildman–Crippen MR) is 69.1 cm³/mol. The summed E-state index contributed by atoms with van der Waals surface area (Å²) in [5.41, 5.74) is 0. The van der Waals surface area contributed by atoms with E-state index in [4.69, 9.17) is 12.8 Å². The first kappa shape index (κ1) is 16.7. The van der Waals surface area contributed by atoms with Gasteiger partial charge in [0.15, 0.2) is 0 Å². The van der Waals surface area contributed by atoms with Gasteiger partial charge in [0.25, 0.3) is 0 Å². The highest BCUT2D eigenvalue weighted by molar-refractivity contribution is 5.85. The van der Waals surface area contributed by atoms with Gasteiger partial charge in [0.1, 0.15) is 0 Å². The van der Waals surface area contributed by atoms with Crippen LogP contribution in [0.25, 0.3) is 0 Å². The second-order valence-corrected chi connectivity index (χ2v) is 3.20. The van der Waals surface area contributed by atoms with Gasteiger partial charge in [-0.1, -0.05) is 18.8 Å². The van der Waals surface area contributed by atoms with Gasteiger partial charge >= 0.3 is 0 Å². The molecule has 0 spiro atoms. The van der Waals surface area contributed by atoms with Crippen LogP contribution in [0.3, 0.4) is 0 Å². The lowest BCUT2D eigenvalue weighted by molar-refractivity contribution is 0.536. The maximum absolute atomic E-state index is 5.39. The molecule has 0 radical (unpaired) electrons. The minimum Gasteiger partial charge on any atom is -0.306 e. The predicted octanol–water partition coefficient (Wildman–Crippen LogP) is 1.41. The van der Waals surface area contributed by atoms with Gasteiger partial charge < -0.3 is 10.6 Å². The summed E-state index contributed by atoms with van der Waals surface area (Å²) >= 11 is 0. The second kappa shape index (κ2) is 13.3. The SMILES string of the molecule is C#CCNCCCC(C#C)NCCC.Cl. The fourth-order valence-corrected chi connectivity index (χ4v) is 1.15. The molecule has 0 heterocycles. The number of hydrogen-bond donors (Lipinski definition) is 2. The van der Waals surface area contributed by atoms with Crippen LogP contribution in [-0.4, -0.2) is 25.7 Å². The summed E-state index contributed by atoms with van der Waals surface area (Å²) in [5.74, 6) is 5.29. The first-order valence-electron chi connectivity index (χ1n) is 5.18. The normalized spacial score (nSPS) is 10.9. The lowest BCUT2D eigenvalue weighted by Gasteiger charge is -2.11. The van der Waals surface area contributed by atoms with Crippen molar-refractivity contribution in [1.82, 2.24) is 10.6 Å². The number of rotatable bonds is 8. The molecule has 0 aliphatic rings. The van der Waals surface area contributed by atoms with Gasteiger partial charge in [-0.3, -0.25) is 0 Å². The second-order valence-electron chi connectivity index (χ2n) is 3.20. The van der Waals surface area contributed by atoms with Gasteiger partial charge in [0, 0.05) is 0 Å². The maximum Gasteiger partial charge on any atom is 0.0687 e. The molecule has 0 saturated carbocycles. The maximum atomic E-state index is 5.39. The Hall–Kier alpha value is -0.670. The highest BCUT2D eigenvalue weighted by Crippen LogP contribution is 1.94. The monoisotopic (exact) mass is 228 g/mol. The van der Waals surface area contributed by atoms with Crippen LogP contribution in [0, 0.1) is 24.7 Å². The molecule has 0 aliphatic carbocycles. The number of nitrogens with one attached hydrogen (secondary N) is 2. The van der Waals surface area contributed by atoms with Gasteiger partial charge in [-0.15, -0.1) is 25.3 Å². The molecule has 0 saturated heterocycles. The fourth-order valence-electron chi connectivity index (χ4n) is 1.15. The first-order valence-corrected chi connectivity index (χ1v) is 5.18. The summed E-state index contributed by atoms with van der Waals surface area (Å²) in [5, 5.41) is 6.44. The molecule has 15 heavy (non-hydrogen) atoms. The van der Waals surface area contributed by atoms with E-state index in [2.05, 4.69) is 29.4 Å². The van der Waals surface area contributed by atoms with E-state index in [1.807, 2.05) is 0 Å². The van der Waals surface area contributed by atoms with E-state index in [1.165, 1.54) is 0 Å². The van der Waals surface area contributed by atoms with E-state index < -0.39 is 0 Å². The summed E-state index contributed by atoms with van der Waals surface area (Å²) in [6.07, 6.45) is 13.7. The minimum absolute atomic E-state index is 0. The van der Waals surface area contributed by atoms with Crippen molar-refractivity contribution in [3.05, 3.63) is 0 Å². The van der Waals surface area contributed by atoms with Crippen molar-refractivity contribution in [2.75, 3.05) is 19.6 Å². The van der Waals surface area contributed by atoms with E-state index >= 15 is 0 Å². The molecule has 0 bridgehead atoms. The Bertz CT molecular complexity index is 203. The number of terminal acetylenes is 2. The third kappa shape index (κ3) is 11.3. The van der Waals surface area contributed by atoms with E-state index in [9.17, 15) is 0 Å². The molecule has 0 aliphatic heterocycles. The Morgan fingerprint density at radius 3 is 2.53 bits per heavy atom. The van der Waals surface area contributed by atoms with E-state index in [1.54, 1.807) is 0 Å². The van der Waals surface area contributed by atoms with Crippen molar-refractivity contribution in [3.63, 3.8) is 0 Å². The average Bonchev–Trinajstić information content (AvgIpc) is 2.22. The highest BCUT2D eigenvalue weighted by Gasteiger charge is 2.01. The van der Waals surface area contributed by atoms with Crippen molar-refractivity contribution < 1.29 is 0 Å². The van der Waals surface area contributed by atoms with Crippen molar-refractivity contribution >= 4 is 12.4 Å². The third-order valence-corrected chi connectivity index (χ3v) is 1.92. The van der Waals surface area contributed by atoms with Crippen LogP contribution in [-0.2, 0) is 0 Å². The van der Waals surface area contributed by atoms with E-state index in [-0.39, 0.29) is 18.4 Å². The summed E-state index contributed by atoms with van der Waals surface area (Å²) < 4.78 is 0. The van der Waals surface area contributed by atoms with Gasteiger partial charge in [-0.25, -0.2) is 0 Å². The van der Waals surface area contributed by atoms with Crippen LogP contribution in [0.4, 0.5) is 0 Å². The zero-order valence-electron chi connectivity index (χ0n) is 9.38. The lowest BCUT2D eigenvalue weighted by Crippen LogP contribution is -2.29. The number of hydrogen-bond acceptors (Lipinski definition) is 2. The average molecular weight is 229 g/mol. The zero-order valence-corrected chi connectivity index (χ0v) is 10.2. The van der Waals surface area contributed by atoms with Crippen LogP contribution in [0.1, 0.15) is 26.2 Å². The quantitative estimate of drug-likeness (QED) is 0.485. The van der Waals surface area contributed by atoms with Crippen LogP contribution in [0.15, 0.2) is 0 Å². The molecule has 3 heteroatoms. The smallest absolute Gasteiger partial charge is 0.0687 e. The first-order chi connectivity index (χ1) is 6.85. The summed E-state index contributed by atoms with van der Waals surface area (Å²) in [6, 6.07) is 0.211. The molecule has 0 fully saturated rings. The Morgan fingerprint density at radius 1 is 1.27 bits per heavy atom. The van der Waals surface area contributed by atoms with Crippen molar-refractivity contribution in [1.29, 1.82) is 0 Å². The van der Waals surface area contributed by atoms with Crippen LogP contribution < -0.4 is 10.6 Å². The molecule has 0 amide bonds. The molecular formula is C12H21ClN2. The Labute approximate surface area is 100 Å². The Balaban J connectivity index is 0. The standard InChI is InChI=1S/C12H20N2.ClH/c1-4-9-13-11-7-8-12(6-3)14-10-5-2;/h1,3,12-14H,5,7-11H2,2H3;1H. The van der Waals surface area contributed by atoms with Gasteiger partial charge in [0.2, 0.25) is 0 Å². The molecule has 2 N–H and O–H groups in total. The van der Waals surface area contributed by atoms with Crippen molar-refractivity contribution in [2.45, 2.75) is 32.2 Å². The van der Waals surface area contributed by atoms with E-state index in [0.29, 0.717) is 6.54 Å². The molecule has 0 aromatic heterocycles. The molecule has 0 aromatic carbocycles. The summed E-state index contributed by atoms with van der Waals surface area (Å²) in [6.45, 7) is 4.71. The zero-order chi connectivity index (χ0) is 10.6. The molecule has 0 rings (SSSR count). The summed E-state index contributed by atoms with van der Waals surface area (Å²) in [7, 11) is 0. The van der Waals surface area contributed by atoms with Crippen LogP contribution >= 0.6 is 12.4 Å². The van der Waals surface area contributed by atoms with E-state index in [0.717, 1.165) is 32.4 Å². The lowest BCUT2D eigenvalue weighted by atomic mass is 10.1. The van der Waals surface area contributed by atoms with Gasteiger partial charge in [-0.05, 0) is 32.4 Å². The molecule has 1 unspecified atom stereocenters. The van der Waals surface area contributed by atoms with Crippen LogP contribution in [0.5, 0.6) is 0 Å². The molecule has 1 atom stereocenters. The topological polar surface area (TPSA) is 24.1 Å². The number of halogens is 1.